The molecule has 1 saturated heterocycles. The van der Waals surface area contributed by atoms with E-state index in [1.807, 2.05) is 0 Å². The fraction of sp³-hybridized carbons (Fsp3) is 0.467. The first-order valence-corrected chi connectivity index (χ1v) is 7.55. The molecule has 1 aromatic heterocycles. The van der Waals surface area contributed by atoms with Crippen molar-refractivity contribution in [1.29, 1.82) is 0 Å². The molecule has 6 heteroatoms. The third-order valence-corrected chi connectivity index (χ3v) is 4.74. The lowest BCUT2D eigenvalue weighted by Crippen LogP contribution is -2.50. The van der Waals surface area contributed by atoms with Crippen LogP contribution in [0.2, 0.25) is 5.02 Å². The summed E-state index contributed by atoms with van der Waals surface area (Å²) >= 11 is 6.00. The van der Waals surface area contributed by atoms with Crippen LogP contribution in [-0.4, -0.2) is 40.7 Å². The van der Waals surface area contributed by atoms with E-state index >= 15 is 0 Å². The van der Waals surface area contributed by atoms with Gasteiger partial charge in [-0.05, 0) is 31.7 Å². The van der Waals surface area contributed by atoms with Crippen LogP contribution in [0.3, 0.4) is 0 Å². The van der Waals surface area contributed by atoms with Gasteiger partial charge < -0.3 is 4.74 Å². The Morgan fingerprint density at radius 1 is 1.38 bits per heavy atom. The van der Waals surface area contributed by atoms with Crippen molar-refractivity contribution in [1.82, 2.24) is 14.5 Å². The van der Waals surface area contributed by atoms with Gasteiger partial charge in [-0.2, -0.15) is 0 Å². The third-order valence-electron chi connectivity index (χ3n) is 4.51. The molecule has 0 radical (unpaired) electrons. The third kappa shape index (κ3) is 1.99. The second-order valence-corrected chi connectivity index (χ2v) is 6.15. The Labute approximate surface area is 127 Å². The molecular formula is C15H16ClN3O2. The summed E-state index contributed by atoms with van der Waals surface area (Å²) in [5.74, 6) is 0.748. The quantitative estimate of drug-likeness (QED) is 0.745. The number of likely N-dealkylation sites (N-methyl/N-ethyl adjacent to an activating group) is 1. The van der Waals surface area contributed by atoms with E-state index < -0.39 is 0 Å². The lowest BCUT2D eigenvalue weighted by atomic mass is 9.99. The predicted octanol–water partition coefficient (Wildman–Crippen LogP) is 1.83. The summed E-state index contributed by atoms with van der Waals surface area (Å²) in [6.45, 7) is 2.28. The lowest BCUT2D eigenvalue weighted by molar-refractivity contribution is -0.0818. The van der Waals surface area contributed by atoms with Crippen LogP contribution in [-0.2, 0) is 11.3 Å². The number of nitrogens with zero attached hydrogens (tertiary/aromatic N) is 3. The number of hydrogen-bond acceptors (Lipinski definition) is 4. The average molecular weight is 306 g/mol. The molecule has 5 nitrogen and oxygen atoms in total. The fourth-order valence-corrected chi connectivity index (χ4v) is 3.53. The molecule has 0 aliphatic carbocycles. The van der Waals surface area contributed by atoms with Crippen molar-refractivity contribution in [3.8, 4) is 0 Å². The minimum atomic E-state index is -0.120. The van der Waals surface area contributed by atoms with Gasteiger partial charge in [-0.15, -0.1) is 0 Å². The molecule has 2 aliphatic heterocycles. The smallest absolute Gasteiger partial charge is 0.261 e. The molecule has 0 saturated carbocycles. The highest BCUT2D eigenvalue weighted by molar-refractivity contribution is 6.31. The first-order valence-electron chi connectivity index (χ1n) is 7.17. The topological polar surface area (TPSA) is 47.4 Å². The Bertz CT molecular complexity index is 773. The molecule has 0 bridgehead atoms. The maximum Gasteiger partial charge on any atom is 0.261 e. The van der Waals surface area contributed by atoms with Gasteiger partial charge in [-0.3, -0.25) is 14.3 Å². The van der Waals surface area contributed by atoms with Crippen molar-refractivity contribution >= 4 is 22.5 Å². The van der Waals surface area contributed by atoms with E-state index in [0.717, 1.165) is 18.8 Å². The summed E-state index contributed by atoms with van der Waals surface area (Å²) in [7, 11) is 2.11. The monoisotopic (exact) mass is 305 g/mol. The summed E-state index contributed by atoms with van der Waals surface area (Å²) in [6.07, 6.45) is 0.784. The largest absolute Gasteiger partial charge is 0.367 e. The normalized spacial score (nSPS) is 25.6. The molecule has 21 heavy (non-hydrogen) atoms. The molecule has 110 valence electrons. The Morgan fingerprint density at radius 3 is 3.10 bits per heavy atom. The number of aromatic nitrogens is 2. The van der Waals surface area contributed by atoms with Crippen LogP contribution >= 0.6 is 11.6 Å². The maximum absolute atomic E-state index is 12.7. The van der Waals surface area contributed by atoms with Crippen molar-refractivity contribution in [2.45, 2.75) is 25.1 Å². The minimum Gasteiger partial charge on any atom is -0.367 e. The second-order valence-electron chi connectivity index (χ2n) is 5.72. The summed E-state index contributed by atoms with van der Waals surface area (Å²) in [5, 5.41) is 1.14. The number of halogens is 1. The van der Waals surface area contributed by atoms with Gasteiger partial charge in [-0.1, -0.05) is 11.6 Å². The summed E-state index contributed by atoms with van der Waals surface area (Å²) < 4.78 is 7.67. The lowest BCUT2D eigenvalue weighted by Gasteiger charge is -2.42. The number of hydrogen-bond donors (Lipinski definition) is 0. The average Bonchev–Trinajstić information content (AvgIpc) is 2.48. The van der Waals surface area contributed by atoms with E-state index in [1.165, 1.54) is 0 Å². The van der Waals surface area contributed by atoms with E-state index in [4.69, 9.17) is 16.3 Å². The van der Waals surface area contributed by atoms with Gasteiger partial charge in [0.1, 0.15) is 11.9 Å². The van der Waals surface area contributed by atoms with Gasteiger partial charge in [0.2, 0.25) is 0 Å². The van der Waals surface area contributed by atoms with Crippen molar-refractivity contribution in [2.75, 3.05) is 20.2 Å². The number of morpholine rings is 1. The Kier molecular flexibility index (Phi) is 3.03. The number of rotatable bonds is 0. The minimum absolute atomic E-state index is 0.0206. The first-order chi connectivity index (χ1) is 10.1. The van der Waals surface area contributed by atoms with Crippen molar-refractivity contribution in [3.05, 3.63) is 39.4 Å². The Morgan fingerprint density at radius 2 is 2.24 bits per heavy atom. The molecule has 2 aliphatic rings. The standard InChI is InChI=1S/C15H16ClN3O2/c1-18-6-7-21-13-12(18)4-5-19-14(13)17-11-3-2-9(16)8-10(11)15(19)20/h2-3,8,12-13H,4-7H2,1H3/t12-,13-/m1/s1. The van der Waals surface area contributed by atoms with Gasteiger partial charge in [-0.25, -0.2) is 4.98 Å². The van der Waals surface area contributed by atoms with Crippen molar-refractivity contribution < 1.29 is 4.74 Å². The van der Waals surface area contributed by atoms with Crippen LogP contribution in [0.15, 0.2) is 23.0 Å². The zero-order valence-electron chi connectivity index (χ0n) is 11.8. The molecule has 0 spiro atoms. The maximum atomic E-state index is 12.7. The highest BCUT2D eigenvalue weighted by Gasteiger charge is 2.37. The van der Waals surface area contributed by atoms with E-state index in [0.29, 0.717) is 35.1 Å². The Balaban J connectivity index is 1.94. The molecule has 0 amide bonds. The SMILES string of the molecule is CN1CCO[C@H]2c3nc4ccc(Cl)cc4c(=O)n3CC[C@H]21. The van der Waals surface area contributed by atoms with E-state index in [9.17, 15) is 4.79 Å². The van der Waals surface area contributed by atoms with Crippen LogP contribution in [0, 0.1) is 0 Å². The van der Waals surface area contributed by atoms with Crippen molar-refractivity contribution in [3.63, 3.8) is 0 Å². The number of benzene rings is 1. The van der Waals surface area contributed by atoms with Crippen LogP contribution < -0.4 is 5.56 Å². The molecule has 0 unspecified atom stereocenters. The van der Waals surface area contributed by atoms with Gasteiger partial charge in [0.15, 0.2) is 0 Å². The molecule has 3 heterocycles. The molecule has 1 fully saturated rings. The summed E-state index contributed by atoms with van der Waals surface area (Å²) in [6, 6.07) is 5.56. The number of fused-ring (bicyclic) bond motifs is 4. The second kappa shape index (κ2) is 4.80. The zero-order valence-corrected chi connectivity index (χ0v) is 12.5. The van der Waals surface area contributed by atoms with Crippen LogP contribution in [0.25, 0.3) is 10.9 Å². The Hall–Kier alpha value is -1.43. The van der Waals surface area contributed by atoms with E-state index in [1.54, 1.807) is 22.8 Å². The summed E-state index contributed by atoms with van der Waals surface area (Å²) in [4.78, 5) is 19.7. The molecule has 2 atom stereocenters. The van der Waals surface area contributed by atoms with Gasteiger partial charge in [0, 0.05) is 24.2 Å². The van der Waals surface area contributed by atoms with Crippen LogP contribution in [0.4, 0.5) is 0 Å². The molecule has 2 aromatic rings. The van der Waals surface area contributed by atoms with E-state index in [2.05, 4.69) is 16.9 Å². The highest BCUT2D eigenvalue weighted by Crippen LogP contribution is 2.33. The van der Waals surface area contributed by atoms with Gasteiger partial charge in [0.05, 0.1) is 17.5 Å². The molecular weight excluding hydrogens is 290 g/mol. The number of ether oxygens (including phenoxy) is 1. The van der Waals surface area contributed by atoms with Crippen molar-refractivity contribution in [2.24, 2.45) is 0 Å². The first kappa shape index (κ1) is 13.2. The summed E-state index contributed by atoms with van der Waals surface area (Å²) in [5.41, 5.74) is 0.668. The highest BCUT2D eigenvalue weighted by atomic mass is 35.5. The fourth-order valence-electron chi connectivity index (χ4n) is 3.36. The van der Waals surface area contributed by atoms with Gasteiger partial charge in [0.25, 0.3) is 5.56 Å². The van der Waals surface area contributed by atoms with Crippen LogP contribution in [0.1, 0.15) is 18.3 Å². The molecule has 0 N–H and O–H groups in total. The van der Waals surface area contributed by atoms with Crippen LogP contribution in [0.5, 0.6) is 0 Å². The molecule has 4 rings (SSSR count). The van der Waals surface area contributed by atoms with Gasteiger partial charge >= 0.3 is 0 Å². The van der Waals surface area contributed by atoms with E-state index in [-0.39, 0.29) is 11.7 Å². The molecule has 1 aromatic carbocycles. The zero-order chi connectivity index (χ0) is 14.6. The predicted molar refractivity (Wildman–Crippen MR) is 80.7 cm³/mol.